The van der Waals surface area contributed by atoms with Crippen molar-refractivity contribution >= 4 is 0 Å². The highest BCUT2D eigenvalue weighted by molar-refractivity contribution is 5.42. The lowest BCUT2D eigenvalue weighted by Gasteiger charge is -2.23. The van der Waals surface area contributed by atoms with Crippen molar-refractivity contribution in [1.82, 2.24) is 0 Å². The molecule has 0 aliphatic rings. The van der Waals surface area contributed by atoms with E-state index in [1.807, 2.05) is 12.1 Å². The van der Waals surface area contributed by atoms with Crippen LogP contribution in [0.25, 0.3) is 0 Å². The van der Waals surface area contributed by atoms with Gasteiger partial charge in [0.25, 0.3) is 0 Å². The zero-order valence-corrected chi connectivity index (χ0v) is 10.9. The van der Waals surface area contributed by atoms with E-state index >= 15 is 0 Å². The van der Waals surface area contributed by atoms with Gasteiger partial charge < -0.3 is 4.89 Å². The second kappa shape index (κ2) is 4.88. The van der Waals surface area contributed by atoms with Gasteiger partial charge in [0.1, 0.15) is 0 Å². The number of benzene rings is 1. The third-order valence-electron chi connectivity index (χ3n) is 2.60. The summed E-state index contributed by atoms with van der Waals surface area (Å²) in [5.74, 6) is 1.02. The van der Waals surface area contributed by atoms with Gasteiger partial charge in [-0.25, -0.2) is 5.26 Å². The summed E-state index contributed by atoms with van der Waals surface area (Å²) in [6.07, 6.45) is 0.900. The summed E-state index contributed by atoms with van der Waals surface area (Å²) in [5.41, 5.74) is 2.55. The van der Waals surface area contributed by atoms with Gasteiger partial charge in [-0.1, -0.05) is 46.8 Å². The van der Waals surface area contributed by atoms with Crippen LogP contribution in [-0.2, 0) is 6.42 Å². The summed E-state index contributed by atoms with van der Waals surface area (Å²) in [5, 5.41) is 8.92. The lowest BCUT2D eigenvalue weighted by atomic mass is 9.83. The van der Waals surface area contributed by atoms with E-state index in [-0.39, 0.29) is 5.41 Å². The highest BCUT2D eigenvalue weighted by Gasteiger charge is 2.19. The molecule has 16 heavy (non-hydrogen) atoms. The Labute approximate surface area is 98.2 Å². The highest BCUT2D eigenvalue weighted by Crippen LogP contribution is 2.33. The summed E-state index contributed by atoms with van der Waals surface area (Å²) in [6.45, 7) is 10.9. The van der Waals surface area contributed by atoms with Crippen LogP contribution in [0.1, 0.15) is 51.7 Å². The van der Waals surface area contributed by atoms with Gasteiger partial charge in [-0.05, 0) is 29.4 Å². The van der Waals surface area contributed by atoms with Crippen molar-refractivity contribution in [2.45, 2.75) is 47.0 Å². The summed E-state index contributed by atoms with van der Waals surface area (Å²) in [6, 6.07) is 5.84. The molecule has 0 aliphatic heterocycles. The summed E-state index contributed by atoms with van der Waals surface area (Å²) >= 11 is 0. The Kier molecular flexibility index (Phi) is 3.98. The molecule has 1 aromatic rings. The van der Waals surface area contributed by atoms with Crippen molar-refractivity contribution in [1.29, 1.82) is 0 Å². The van der Waals surface area contributed by atoms with Gasteiger partial charge in [0.15, 0.2) is 5.75 Å². The quantitative estimate of drug-likeness (QED) is 0.612. The van der Waals surface area contributed by atoms with Gasteiger partial charge >= 0.3 is 0 Å². The zero-order chi connectivity index (χ0) is 12.3. The van der Waals surface area contributed by atoms with E-state index in [0.717, 1.165) is 12.0 Å². The Bertz CT molecular complexity index is 348. The molecule has 0 atom stereocenters. The standard InChI is InChI=1S/C14H22O2/c1-10(2)11-7-6-8-13(16-15)12(11)9-14(3,4)5/h6-8,10,15H,9H2,1-5H3. The van der Waals surface area contributed by atoms with Crippen LogP contribution in [0.5, 0.6) is 5.75 Å². The molecule has 2 nitrogen and oxygen atoms in total. The van der Waals surface area contributed by atoms with Gasteiger partial charge in [-0.15, -0.1) is 0 Å². The maximum atomic E-state index is 8.92. The van der Waals surface area contributed by atoms with E-state index in [9.17, 15) is 0 Å². The average molecular weight is 222 g/mol. The lowest BCUT2D eigenvalue weighted by molar-refractivity contribution is -0.138. The number of hydrogen-bond acceptors (Lipinski definition) is 2. The van der Waals surface area contributed by atoms with Gasteiger partial charge in [0.2, 0.25) is 0 Å². The van der Waals surface area contributed by atoms with Crippen LogP contribution in [0.15, 0.2) is 18.2 Å². The maximum absolute atomic E-state index is 8.92. The topological polar surface area (TPSA) is 29.5 Å². The van der Waals surface area contributed by atoms with Crippen LogP contribution in [0.4, 0.5) is 0 Å². The van der Waals surface area contributed by atoms with E-state index in [1.165, 1.54) is 5.56 Å². The van der Waals surface area contributed by atoms with E-state index in [2.05, 4.69) is 45.6 Å². The second-order valence-corrected chi connectivity index (χ2v) is 5.81. The van der Waals surface area contributed by atoms with Crippen molar-refractivity contribution in [3.05, 3.63) is 29.3 Å². The molecule has 0 bridgehead atoms. The Hall–Kier alpha value is -1.02. The molecule has 1 N–H and O–H groups in total. The maximum Gasteiger partial charge on any atom is 0.168 e. The minimum absolute atomic E-state index is 0.179. The van der Waals surface area contributed by atoms with E-state index in [0.29, 0.717) is 11.7 Å². The van der Waals surface area contributed by atoms with Crippen LogP contribution in [0.3, 0.4) is 0 Å². The summed E-state index contributed by atoms with van der Waals surface area (Å²) < 4.78 is 0. The monoisotopic (exact) mass is 222 g/mol. The molecule has 0 fully saturated rings. The molecule has 2 heteroatoms. The smallest absolute Gasteiger partial charge is 0.168 e. The molecule has 0 aliphatic carbocycles. The first-order chi connectivity index (χ1) is 7.35. The predicted octanol–water partition coefficient (Wildman–Crippen LogP) is 4.25. The van der Waals surface area contributed by atoms with Gasteiger partial charge in [-0.2, -0.15) is 0 Å². The molecular formula is C14H22O2. The summed E-state index contributed by atoms with van der Waals surface area (Å²) in [4.78, 5) is 4.48. The fourth-order valence-corrected chi connectivity index (χ4v) is 1.93. The fourth-order valence-electron chi connectivity index (χ4n) is 1.93. The van der Waals surface area contributed by atoms with Crippen molar-refractivity contribution in [2.75, 3.05) is 0 Å². The first-order valence-corrected chi connectivity index (χ1v) is 5.78. The van der Waals surface area contributed by atoms with Gasteiger partial charge in [0.05, 0.1) is 0 Å². The number of hydrogen-bond donors (Lipinski definition) is 1. The molecule has 90 valence electrons. The molecule has 0 spiro atoms. The third-order valence-corrected chi connectivity index (χ3v) is 2.60. The average Bonchev–Trinajstić information content (AvgIpc) is 2.15. The van der Waals surface area contributed by atoms with Crippen LogP contribution >= 0.6 is 0 Å². The molecule has 1 rings (SSSR count). The van der Waals surface area contributed by atoms with Crippen molar-refractivity contribution in [2.24, 2.45) is 5.41 Å². The third kappa shape index (κ3) is 3.24. The lowest BCUT2D eigenvalue weighted by Crippen LogP contribution is -2.12. The molecule has 0 saturated heterocycles. The minimum Gasteiger partial charge on any atom is -0.340 e. The van der Waals surface area contributed by atoms with Crippen molar-refractivity contribution < 1.29 is 10.1 Å². The van der Waals surface area contributed by atoms with Crippen LogP contribution in [-0.4, -0.2) is 5.26 Å². The van der Waals surface area contributed by atoms with Gasteiger partial charge in [-0.3, -0.25) is 0 Å². The minimum atomic E-state index is 0.179. The van der Waals surface area contributed by atoms with Crippen LogP contribution in [0, 0.1) is 5.41 Å². The normalized spacial score (nSPS) is 11.9. The first kappa shape index (κ1) is 13.0. The SMILES string of the molecule is CC(C)c1cccc(OO)c1CC(C)(C)C. The predicted molar refractivity (Wildman–Crippen MR) is 66.9 cm³/mol. The Morgan fingerprint density at radius 3 is 2.31 bits per heavy atom. The van der Waals surface area contributed by atoms with Crippen molar-refractivity contribution in [3.8, 4) is 5.75 Å². The Morgan fingerprint density at radius 1 is 1.25 bits per heavy atom. The molecule has 0 heterocycles. The molecule has 0 aromatic heterocycles. The number of rotatable bonds is 3. The Morgan fingerprint density at radius 2 is 1.88 bits per heavy atom. The summed E-state index contributed by atoms with van der Waals surface area (Å²) in [7, 11) is 0. The van der Waals surface area contributed by atoms with E-state index in [1.54, 1.807) is 0 Å². The van der Waals surface area contributed by atoms with Crippen molar-refractivity contribution in [3.63, 3.8) is 0 Å². The fraction of sp³-hybridized carbons (Fsp3) is 0.571. The molecule has 0 unspecified atom stereocenters. The van der Waals surface area contributed by atoms with E-state index in [4.69, 9.17) is 5.26 Å². The second-order valence-electron chi connectivity index (χ2n) is 5.81. The molecule has 0 saturated carbocycles. The van der Waals surface area contributed by atoms with Crippen LogP contribution < -0.4 is 4.89 Å². The molecule has 0 radical (unpaired) electrons. The largest absolute Gasteiger partial charge is 0.340 e. The molecular weight excluding hydrogens is 200 g/mol. The zero-order valence-electron chi connectivity index (χ0n) is 10.9. The molecule has 1 aromatic carbocycles. The Balaban J connectivity index is 3.20. The highest BCUT2D eigenvalue weighted by atomic mass is 17.1. The van der Waals surface area contributed by atoms with Gasteiger partial charge in [0, 0.05) is 5.56 Å². The molecule has 0 amide bonds. The first-order valence-electron chi connectivity index (χ1n) is 5.78. The van der Waals surface area contributed by atoms with Crippen LogP contribution in [0.2, 0.25) is 0 Å². The van der Waals surface area contributed by atoms with E-state index < -0.39 is 0 Å².